The van der Waals surface area contributed by atoms with Gasteiger partial charge in [-0.1, -0.05) is 85.8 Å². The number of nitrogens with zero attached hydrogens (tertiary/aromatic N) is 4. The van der Waals surface area contributed by atoms with Crippen molar-refractivity contribution in [3.8, 4) is 0 Å². The van der Waals surface area contributed by atoms with Gasteiger partial charge in [-0.15, -0.1) is 5.10 Å². The third kappa shape index (κ3) is 18.0. The standard InChI is InChI=1S/C59H81N15O7/c1-38(2)53(61)58(80)67-48(24-12-14-26-60)55(77)69-50(33-42-31-40-20-8-10-22-45(40)64-42)56(78)66-47(25-13-17-29-74-36-44(71-72-74)34-51(62-3)59(81)73-27-15-5-16-28-73)54(76)68-49(30-39-18-6-4-7-19-39)57(79)70-52(63-37-75)35-43-32-41-21-9-11-23-46(41)65-43/h4,6-11,18-23,31-32,36-38,47-53,62,64-65H,5,12-17,24-30,33-35,60-61H2,1-3H3,(H,63,75)(H,66,78)(H,67,80)(H,68,76)(H,69,77)(H,70,79). The highest BCUT2D eigenvalue weighted by molar-refractivity contribution is 5.96. The molecular formula is C59H81N15O7. The highest BCUT2D eigenvalue weighted by Crippen LogP contribution is 2.19. The fourth-order valence-corrected chi connectivity index (χ4v) is 10.1. The molecule has 3 aromatic carbocycles. The van der Waals surface area contributed by atoms with E-state index in [-0.39, 0.29) is 43.9 Å². The molecule has 1 saturated heterocycles. The molecule has 13 N–H and O–H groups in total. The van der Waals surface area contributed by atoms with Crippen molar-refractivity contribution in [1.82, 2.24) is 67.1 Å². The van der Waals surface area contributed by atoms with Crippen LogP contribution < -0.4 is 48.7 Å². The van der Waals surface area contributed by atoms with Crippen molar-refractivity contribution in [3.05, 3.63) is 120 Å². The molecule has 434 valence electrons. The second-order valence-electron chi connectivity index (χ2n) is 21.4. The average Bonchev–Trinajstić information content (AvgIpc) is 4.24. The van der Waals surface area contributed by atoms with Gasteiger partial charge >= 0.3 is 0 Å². The van der Waals surface area contributed by atoms with Crippen LogP contribution in [0.25, 0.3) is 21.8 Å². The van der Waals surface area contributed by atoms with Crippen LogP contribution in [-0.2, 0) is 65.8 Å². The molecule has 7 atom stereocenters. The van der Waals surface area contributed by atoms with E-state index in [1.54, 1.807) is 31.8 Å². The van der Waals surface area contributed by atoms with Crippen LogP contribution in [0.5, 0.6) is 0 Å². The molecule has 1 fully saturated rings. The van der Waals surface area contributed by atoms with Crippen LogP contribution in [0, 0.1) is 5.92 Å². The lowest BCUT2D eigenvalue weighted by molar-refractivity contribution is -0.135. The lowest BCUT2D eigenvalue weighted by Gasteiger charge is -2.30. The zero-order valence-corrected chi connectivity index (χ0v) is 46.8. The predicted molar refractivity (Wildman–Crippen MR) is 310 cm³/mol. The van der Waals surface area contributed by atoms with Crippen molar-refractivity contribution in [3.63, 3.8) is 0 Å². The zero-order chi connectivity index (χ0) is 57.7. The Bertz CT molecular complexity index is 2940. The first kappa shape index (κ1) is 60.7. The summed E-state index contributed by atoms with van der Waals surface area (Å²) in [6.07, 6.45) is 7.39. The number of likely N-dealkylation sites (tertiary alicyclic amines) is 1. The molecule has 7 amide bonds. The molecule has 0 radical (unpaired) electrons. The molecule has 4 heterocycles. The molecule has 0 saturated carbocycles. The normalized spacial score (nSPS) is 15.2. The van der Waals surface area contributed by atoms with Crippen LogP contribution in [0.4, 0.5) is 0 Å². The molecule has 81 heavy (non-hydrogen) atoms. The van der Waals surface area contributed by atoms with Gasteiger partial charge < -0.3 is 63.6 Å². The number of nitrogens with one attached hydrogen (secondary N) is 9. The minimum atomic E-state index is -1.27. The van der Waals surface area contributed by atoms with E-state index in [0.717, 1.165) is 65.4 Å². The monoisotopic (exact) mass is 1110 g/mol. The van der Waals surface area contributed by atoms with Crippen molar-refractivity contribution < 1.29 is 33.6 Å². The van der Waals surface area contributed by atoms with Gasteiger partial charge in [0.15, 0.2) is 0 Å². The van der Waals surface area contributed by atoms with Crippen molar-refractivity contribution in [2.24, 2.45) is 17.4 Å². The topological polar surface area (TPSA) is 321 Å². The fourth-order valence-electron chi connectivity index (χ4n) is 10.1. The van der Waals surface area contributed by atoms with Gasteiger partial charge in [-0.3, -0.25) is 38.2 Å². The fraction of sp³-hybridized carbons (Fsp3) is 0.475. The van der Waals surface area contributed by atoms with Crippen molar-refractivity contribution in [1.29, 1.82) is 0 Å². The number of unbranched alkanes of at least 4 members (excludes halogenated alkanes) is 2. The van der Waals surface area contributed by atoms with Crippen LogP contribution >= 0.6 is 0 Å². The van der Waals surface area contributed by atoms with Crippen LogP contribution in [0.2, 0.25) is 0 Å². The number of aromatic amines is 2. The highest BCUT2D eigenvalue weighted by atomic mass is 16.2. The minimum Gasteiger partial charge on any atom is -0.358 e. The largest absolute Gasteiger partial charge is 0.358 e. The number of aryl methyl sites for hydroxylation is 1. The van der Waals surface area contributed by atoms with Gasteiger partial charge in [0.2, 0.25) is 41.9 Å². The predicted octanol–water partition coefficient (Wildman–Crippen LogP) is 2.52. The Balaban J connectivity index is 1.13. The zero-order valence-electron chi connectivity index (χ0n) is 46.8. The summed E-state index contributed by atoms with van der Waals surface area (Å²) >= 11 is 0. The Hall–Kier alpha value is -7.95. The van der Waals surface area contributed by atoms with Gasteiger partial charge in [0.25, 0.3) is 0 Å². The number of H-pyrrole nitrogens is 2. The van der Waals surface area contributed by atoms with Gasteiger partial charge in [0.1, 0.15) is 30.3 Å². The van der Waals surface area contributed by atoms with Crippen LogP contribution in [-0.4, -0.2) is 141 Å². The number of piperidine rings is 1. The smallest absolute Gasteiger partial charge is 0.244 e. The Labute approximate surface area is 472 Å². The van der Waals surface area contributed by atoms with Gasteiger partial charge in [-0.25, -0.2) is 0 Å². The van der Waals surface area contributed by atoms with E-state index in [0.29, 0.717) is 63.0 Å². The second-order valence-corrected chi connectivity index (χ2v) is 21.4. The Kier molecular flexibility index (Phi) is 22.9. The summed E-state index contributed by atoms with van der Waals surface area (Å²) in [6, 6.07) is 22.1. The number of hydrogen-bond acceptors (Lipinski definition) is 12. The van der Waals surface area contributed by atoms with Gasteiger partial charge in [-0.2, -0.15) is 0 Å². The van der Waals surface area contributed by atoms with E-state index in [1.165, 1.54) is 0 Å². The number of carbonyl (C=O) groups excluding carboxylic acids is 7. The summed E-state index contributed by atoms with van der Waals surface area (Å²) in [7, 11) is 1.76. The van der Waals surface area contributed by atoms with E-state index in [4.69, 9.17) is 11.5 Å². The maximum absolute atomic E-state index is 15.0. The number of para-hydroxylation sites is 2. The van der Waals surface area contributed by atoms with E-state index in [9.17, 15) is 33.6 Å². The summed E-state index contributed by atoms with van der Waals surface area (Å²) < 4.78 is 1.68. The first-order valence-corrected chi connectivity index (χ1v) is 28.4. The second kappa shape index (κ2) is 30.6. The number of rotatable bonds is 32. The molecule has 7 rings (SSSR count). The molecule has 0 bridgehead atoms. The van der Waals surface area contributed by atoms with Gasteiger partial charge in [-0.05, 0) is 118 Å². The number of likely N-dealkylation sites (N-methyl/N-ethyl adjacent to an activating group) is 1. The van der Waals surface area contributed by atoms with E-state index >= 15 is 0 Å². The SMILES string of the molecule is CNC(Cc1cn(CCCCC(NC(=O)C(Cc2cc3ccccc3[nH]2)NC(=O)C(CCCCN)NC(=O)C(N)C(C)C)C(=O)NC(Cc2ccccc2)C(=O)NC(Cc2cc3ccccc3[nH]2)NC=O)nn1)C(=O)N1CCCCC1. The molecular weight excluding hydrogens is 1030 g/mol. The Morgan fingerprint density at radius 2 is 1.17 bits per heavy atom. The minimum absolute atomic E-state index is 0.0250. The molecule has 1 aliphatic heterocycles. The van der Waals surface area contributed by atoms with Gasteiger partial charge in [0.05, 0.1) is 17.8 Å². The van der Waals surface area contributed by atoms with Gasteiger partial charge in [0, 0.05) is 73.9 Å². The molecule has 3 aromatic heterocycles. The van der Waals surface area contributed by atoms with Crippen molar-refractivity contribution in [2.75, 3.05) is 26.7 Å². The number of aromatic nitrogens is 5. The Morgan fingerprint density at radius 3 is 1.77 bits per heavy atom. The van der Waals surface area contributed by atoms with Crippen molar-refractivity contribution >= 4 is 63.7 Å². The Morgan fingerprint density at radius 1 is 0.630 bits per heavy atom. The molecule has 7 unspecified atom stereocenters. The number of fused-ring (bicyclic) bond motifs is 2. The maximum atomic E-state index is 15.0. The molecule has 0 aliphatic carbocycles. The molecule has 0 spiro atoms. The maximum Gasteiger partial charge on any atom is 0.244 e. The molecule has 22 heteroatoms. The highest BCUT2D eigenvalue weighted by Gasteiger charge is 2.34. The number of benzene rings is 3. The quantitative estimate of drug-likeness (QED) is 0.0165. The number of nitrogens with two attached hydrogens (primary N) is 2. The van der Waals surface area contributed by atoms with Crippen LogP contribution in [0.3, 0.4) is 0 Å². The lowest BCUT2D eigenvalue weighted by Crippen LogP contribution is -2.60. The summed E-state index contributed by atoms with van der Waals surface area (Å²) in [5.74, 6) is -3.26. The third-order valence-electron chi connectivity index (χ3n) is 14.8. The van der Waals surface area contributed by atoms with E-state index in [1.807, 2.05) is 95.9 Å². The number of amides is 7. The van der Waals surface area contributed by atoms with Crippen molar-refractivity contribution in [2.45, 2.75) is 146 Å². The summed E-state index contributed by atoms with van der Waals surface area (Å²) in [6.45, 7) is 5.85. The average molecular weight is 1110 g/mol. The first-order valence-electron chi connectivity index (χ1n) is 28.4. The summed E-state index contributed by atoms with van der Waals surface area (Å²) in [5, 5.41) is 30.9. The number of carbonyl (C=O) groups is 7. The lowest BCUT2D eigenvalue weighted by atomic mass is 10.0. The summed E-state index contributed by atoms with van der Waals surface area (Å²) in [4.78, 5) is 106. The molecule has 1 aliphatic rings. The molecule has 6 aromatic rings. The third-order valence-corrected chi connectivity index (χ3v) is 14.8. The number of hydrogen-bond donors (Lipinski definition) is 11. The summed E-state index contributed by atoms with van der Waals surface area (Å²) in [5.41, 5.74) is 16.5. The first-order chi connectivity index (χ1) is 39.2. The van der Waals surface area contributed by atoms with E-state index in [2.05, 4.69) is 57.5 Å². The molecule has 22 nitrogen and oxygen atoms in total. The van der Waals surface area contributed by atoms with Crippen LogP contribution in [0.15, 0.2) is 97.2 Å². The van der Waals surface area contributed by atoms with Crippen LogP contribution in [0.1, 0.15) is 94.3 Å². The van der Waals surface area contributed by atoms with E-state index < -0.39 is 72.0 Å².